The van der Waals surface area contributed by atoms with Crippen molar-refractivity contribution >= 4 is 29.1 Å². The van der Waals surface area contributed by atoms with Crippen LogP contribution in [0.5, 0.6) is 0 Å². The predicted octanol–water partition coefficient (Wildman–Crippen LogP) is 4.48. The van der Waals surface area contributed by atoms with Crippen molar-refractivity contribution < 1.29 is 4.79 Å². The van der Waals surface area contributed by atoms with Crippen molar-refractivity contribution in [1.29, 1.82) is 0 Å². The van der Waals surface area contributed by atoms with Crippen LogP contribution in [-0.4, -0.2) is 71.5 Å². The van der Waals surface area contributed by atoms with Crippen molar-refractivity contribution in [3.63, 3.8) is 0 Å². The molecule has 160 valence electrons. The standard InChI is InChI=1S/C23H33Cl2N3O/c1-2-10-26-13-14-28(22(29)16-17-8-9-18(24)19(25)15-17)23-20(26)6-5-7-21(23)27-11-3-4-12-27/h8-9,15,20-21,23H,2-7,10-14,16H2,1H3/t20-,21-,23-/m0/s1. The first-order valence-electron chi connectivity index (χ1n) is 11.3. The van der Waals surface area contributed by atoms with E-state index in [1.54, 1.807) is 6.07 Å². The van der Waals surface area contributed by atoms with E-state index in [1.165, 1.54) is 51.6 Å². The number of carbonyl (C=O) groups excluding carboxylic acids is 1. The highest BCUT2D eigenvalue weighted by Crippen LogP contribution is 2.35. The first-order chi connectivity index (χ1) is 14.1. The highest BCUT2D eigenvalue weighted by atomic mass is 35.5. The van der Waals surface area contributed by atoms with Gasteiger partial charge in [0.15, 0.2) is 0 Å². The third-order valence-corrected chi connectivity index (χ3v) is 7.76. The van der Waals surface area contributed by atoms with Gasteiger partial charge < -0.3 is 4.90 Å². The van der Waals surface area contributed by atoms with Gasteiger partial charge >= 0.3 is 0 Å². The number of carbonyl (C=O) groups is 1. The third-order valence-electron chi connectivity index (χ3n) is 7.03. The number of likely N-dealkylation sites (tertiary alicyclic amines) is 1. The number of piperazine rings is 1. The largest absolute Gasteiger partial charge is 0.335 e. The molecular weight excluding hydrogens is 405 g/mol. The Morgan fingerprint density at radius 2 is 1.76 bits per heavy atom. The molecule has 0 N–H and O–H groups in total. The molecule has 1 aliphatic carbocycles. The van der Waals surface area contributed by atoms with Gasteiger partial charge in [0.25, 0.3) is 0 Å². The number of hydrogen-bond donors (Lipinski definition) is 0. The van der Waals surface area contributed by atoms with E-state index in [0.29, 0.717) is 34.6 Å². The summed E-state index contributed by atoms with van der Waals surface area (Å²) in [6, 6.07) is 6.88. The summed E-state index contributed by atoms with van der Waals surface area (Å²) in [6.07, 6.45) is 7.88. The van der Waals surface area contributed by atoms with E-state index in [1.807, 2.05) is 12.1 Å². The van der Waals surface area contributed by atoms with Crippen molar-refractivity contribution in [3.05, 3.63) is 33.8 Å². The molecule has 0 bridgehead atoms. The fourth-order valence-corrected chi connectivity index (χ4v) is 6.07. The summed E-state index contributed by atoms with van der Waals surface area (Å²) in [7, 11) is 0. The predicted molar refractivity (Wildman–Crippen MR) is 120 cm³/mol. The topological polar surface area (TPSA) is 26.8 Å². The van der Waals surface area contributed by atoms with Crippen molar-refractivity contribution in [2.45, 2.75) is 70.0 Å². The monoisotopic (exact) mass is 437 g/mol. The van der Waals surface area contributed by atoms with Gasteiger partial charge in [0.05, 0.1) is 22.5 Å². The molecule has 1 aromatic rings. The van der Waals surface area contributed by atoms with Gasteiger partial charge in [0, 0.05) is 25.2 Å². The van der Waals surface area contributed by atoms with Gasteiger partial charge in [-0.05, 0) is 69.4 Å². The summed E-state index contributed by atoms with van der Waals surface area (Å²) >= 11 is 12.2. The maximum absolute atomic E-state index is 13.5. The minimum absolute atomic E-state index is 0.237. The average Bonchev–Trinajstić information content (AvgIpc) is 3.25. The number of amides is 1. The van der Waals surface area contributed by atoms with Crippen molar-refractivity contribution in [1.82, 2.24) is 14.7 Å². The summed E-state index contributed by atoms with van der Waals surface area (Å²) in [5.41, 5.74) is 0.950. The van der Waals surface area contributed by atoms with Crippen LogP contribution in [-0.2, 0) is 11.2 Å². The molecule has 1 aromatic carbocycles. The van der Waals surface area contributed by atoms with Crippen LogP contribution in [0.4, 0.5) is 0 Å². The molecule has 0 unspecified atom stereocenters. The van der Waals surface area contributed by atoms with E-state index in [4.69, 9.17) is 23.2 Å². The van der Waals surface area contributed by atoms with Gasteiger partial charge in [-0.3, -0.25) is 14.6 Å². The van der Waals surface area contributed by atoms with E-state index in [-0.39, 0.29) is 5.91 Å². The SMILES string of the molecule is CCCN1CCN(C(=O)Cc2ccc(Cl)c(Cl)c2)[C@@H]2[C@@H](N3CCCC3)CCC[C@@H]21. The summed E-state index contributed by atoms with van der Waals surface area (Å²) in [6.45, 7) is 7.62. The van der Waals surface area contributed by atoms with E-state index in [9.17, 15) is 4.79 Å². The molecule has 6 heteroatoms. The van der Waals surface area contributed by atoms with Crippen LogP contribution < -0.4 is 0 Å². The normalized spacial score (nSPS) is 28.5. The van der Waals surface area contributed by atoms with Gasteiger partial charge in [0.2, 0.25) is 5.91 Å². The molecule has 0 spiro atoms. The van der Waals surface area contributed by atoms with E-state index < -0.39 is 0 Å². The van der Waals surface area contributed by atoms with Crippen LogP contribution in [0.15, 0.2) is 18.2 Å². The molecule has 0 radical (unpaired) electrons. The molecule has 29 heavy (non-hydrogen) atoms. The highest BCUT2D eigenvalue weighted by Gasteiger charge is 2.46. The first kappa shape index (κ1) is 21.4. The Morgan fingerprint density at radius 1 is 1.00 bits per heavy atom. The van der Waals surface area contributed by atoms with Crippen molar-refractivity contribution in [3.8, 4) is 0 Å². The van der Waals surface area contributed by atoms with Crippen LogP contribution in [0.3, 0.4) is 0 Å². The van der Waals surface area contributed by atoms with Crippen LogP contribution in [0.1, 0.15) is 51.0 Å². The second-order valence-corrected chi connectivity index (χ2v) is 9.66. The first-order valence-corrected chi connectivity index (χ1v) is 12.1. The summed E-state index contributed by atoms with van der Waals surface area (Å²) in [5, 5.41) is 1.06. The van der Waals surface area contributed by atoms with Gasteiger partial charge in [0.1, 0.15) is 0 Å². The summed E-state index contributed by atoms with van der Waals surface area (Å²) in [5.74, 6) is 0.237. The number of nitrogens with zero attached hydrogens (tertiary/aromatic N) is 3. The van der Waals surface area contributed by atoms with Crippen LogP contribution in [0, 0.1) is 0 Å². The van der Waals surface area contributed by atoms with Crippen LogP contribution in [0.2, 0.25) is 10.0 Å². The average molecular weight is 438 g/mol. The van der Waals surface area contributed by atoms with E-state index in [0.717, 1.165) is 25.2 Å². The van der Waals surface area contributed by atoms with Crippen LogP contribution in [0.25, 0.3) is 0 Å². The smallest absolute Gasteiger partial charge is 0.227 e. The fraction of sp³-hybridized carbons (Fsp3) is 0.696. The second-order valence-electron chi connectivity index (χ2n) is 8.85. The molecule has 4 rings (SSSR count). The third kappa shape index (κ3) is 4.61. The van der Waals surface area contributed by atoms with Gasteiger partial charge in [-0.15, -0.1) is 0 Å². The minimum Gasteiger partial charge on any atom is -0.335 e. The molecule has 3 atom stereocenters. The Labute approximate surface area is 185 Å². The lowest BCUT2D eigenvalue weighted by atomic mass is 9.81. The van der Waals surface area contributed by atoms with Gasteiger partial charge in [-0.1, -0.05) is 42.6 Å². The Hall–Kier alpha value is -0.810. The van der Waals surface area contributed by atoms with Crippen LogP contribution >= 0.6 is 23.2 Å². The van der Waals surface area contributed by atoms with Gasteiger partial charge in [-0.2, -0.15) is 0 Å². The number of hydrogen-bond acceptors (Lipinski definition) is 3. The zero-order valence-electron chi connectivity index (χ0n) is 17.5. The zero-order chi connectivity index (χ0) is 20.4. The maximum Gasteiger partial charge on any atom is 0.227 e. The molecule has 2 heterocycles. The molecule has 1 saturated carbocycles. The summed E-state index contributed by atoms with van der Waals surface area (Å²) in [4.78, 5) is 21.0. The summed E-state index contributed by atoms with van der Waals surface area (Å²) < 4.78 is 0. The number of halogens is 2. The Morgan fingerprint density at radius 3 is 2.48 bits per heavy atom. The number of fused-ring (bicyclic) bond motifs is 1. The maximum atomic E-state index is 13.5. The fourth-order valence-electron chi connectivity index (χ4n) is 5.75. The number of rotatable bonds is 5. The van der Waals surface area contributed by atoms with Crippen molar-refractivity contribution in [2.75, 3.05) is 32.7 Å². The quantitative estimate of drug-likeness (QED) is 0.679. The van der Waals surface area contributed by atoms with Gasteiger partial charge in [-0.25, -0.2) is 0 Å². The molecule has 3 fully saturated rings. The molecule has 2 aliphatic heterocycles. The lowest BCUT2D eigenvalue weighted by Gasteiger charge is -2.54. The Bertz CT molecular complexity index is 722. The molecule has 3 aliphatic rings. The zero-order valence-corrected chi connectivity index (χ0v) is 19.0. The number of benzene rings is 1. The Kier molecular flexibility index (Phi) is 7.06. The lowest BCUT2D eigenvalue weighted by Crippen LogP contribution is -2.68. The molecule has 2 saturated heterocycles. The van der Waals surface area contributed by atoms with E-state index in [2.05, 4.69) is 21.6 Å². The highest BCUT2D eigenvalue weighted by molar-refractivity contribution is 6.42. The lowest BCUT2D eigenvalue weighted by molar-refractivity contribution is -0.142. The Balaban J connectivity index is 1.56. The van der Waals surface area contributed by atoms with Crippen molar-refractivity contribution in [2.24, 2.45) is 0 Å². The molecule has 1 amide bonds. The second kappa shape index (κ2) is 9.55. The minimum atomic E-state index is 0.237. The molecular formula is C23H33Cl2N3O. The molecule has 0 aromatic heterocycles. The molecule has 4 nitrogen and oxygen atoms in total. The van der Waals surface area contributed by atoms with E-state index >= 15 is 0 Å².